The molecule has 0 amide bonds. The van der Waals surface area contributed by atoms with Crippen molar-refractivity contribution in [2.45, 2.75) is 19.8 Å². The molecule has 0 aliphatic heterocycles. The first-order valence-electron chi connectivity index (χ1n) is 3.77. The minimum absolute atomic E-state index is 0.234. The Morgan fingerprint density at radius 2 is 1.73 bits per heavy atom. The van der Waals surface area contributed by atoms with E-state index in [-0.39, 0.29) is 6.54 Å². The van der Waals surface area contributed by atoms with Crippen LogP contribution in [-0.4, -0.2) is 36.2 Å². The van der Waals surface area contributed by atoms with E-state index in [4.69, 9.17) is 19.6 Å². The highest BCUT2D eigenvalue weighted by Crippen LogP contribution is 2.11. The van der Waals surface area contributed by atoms with Crippen molar-refractivity contribution in [2.24, 2.45) is 5.73 Å². The van der Waals surface area contributed by atoms with Gasteiger partial charge in [0, 0.05) is 13.2 Å². The highest BCUT2D eigenvalue weighted by molar-refractivity contribution is 5.98. The van der Waals surface area contributed by atoms with Gasteiger partial charge in [0.1, 0.15) is 0 Å². The van der Waals surface area contributed by atoms with E-state index in [0.717, 1.165) is 0 Å². The van der Waals surface area contributed by atoms with Gasteiger partial charge in [-0.1, -0.05) is 0 Å². The largest absolute Gasteiger partial charge is 0.379 e. The highest BCUT2D eigenvalue weighted by atomic mass is 28.2. The van der Waals surface area contributed by atoms with E-state index in [9.17, 15) is 0 Å². The molecular formula is C6H17NO3Si. The second-order valence-corrected chi connectivity index (χ2v) is 2.37. The molecule has 0 bridgehead atoms. The first kappa shape index (κ1) is 11.1. The van der Waals surface area contributed by atoms with Crippen molar-refractivity contribution in [3.8, 4) is 0 Å². The molecule has 0 aromatic heterocycles. The Morgan fingerprint density at radius 1 is 1.27 bits per heavy atom. The molecule has 0 saturated heterocycles. The summed E-state index contributed by atoms with van der Waals surface area (Å²) >= 11 is 0. The van der Waals surface area contributed by atoms with E-state index in [1.807, 2.05) is 13.8 Å². The van der Waals surface area contributed by atoms with Crippen LogP contribution in [0, 0.1) is 0 Å². The van der Waals surface area contributed by atoms with Crippen molar-refractivity contribution in [2.75, 3.05) is 19.8 Å². The van der Waals surface area contributed by atoms with Crippen LogP contribution in [0.4, 0.5) is 0 Å². The molecule has 0 spiro atoms. The lowest BCUT2D eigenvalue weighted by atomic mass is 10.5. The van der Waals surface area contributed by atoms with Crippen molar-refractivity contribution in [1.82, 2.24) is 0 Å². The van der Waals surface area contributed by atoms with Crippen LogP contribution >= 0.6 is 0 Å². The standard InChI is InChI=1S/C6H17NO3Si/c1-3-8-6(5-7,10-11)9-4-2/h3-5,7H2,1-2,11H3. The quantitative estimate of drug-likeness (QED) is 0.418. The van der Waals surface area contributed by atoms with Gasteiger partial charge in [-0.15, -0.1) is 0 Å². The van der Waals surface area contributed by atoms with E-state index in [0.29, 0.717) is 23.7 Å². The molecule has 0 fully saturated rings. The van der Waals surface area contributed by atoms with Gasteiger partial charge in [-0.05, 0) is 13.8 Å². The first-order chi connectivity index (χ1) is 5.24. The van der Waals surface area contributed by atoms with E-state index >= 15 is 0 Å². The zero-order chi connectivity index (χ0) is 8.74. The minimum Gasteiger partial charge on any atom is -0.379 e. The van der Waals surface area contributed by atoms with Crippen molar-refractivity contribution >= 4 is 10.5 Å². The topological polar surface area (TPSA) is 53.7 Å². The summed E-state index contributed by atoms with van der Waals surface area (Å²) < 4.78 is 15.6. The Bertz CT molecular complexity index is 89.8. The molecule has 68 valence electrons. The van der Waals surface area contributed by atoms with Crippen LogP contribution < -0.4 is 5.73 Å². The summed E-state index contributed by atoms with van der Waals surface area (Å²) in [5, 5.41) is 0. The summed E-state index contributed by atoms with van der Waals surface area (Å²) in [5.74, 6) is -0.976. The molecule has 0 heterocycles. The highest BCUT2D eigenvalue weighted by Gasteiger charge is 2.28. The molecule has 0 rings (SSSR count). The molecule has 11 heavy (non-hydrogen) atoms. The minimum atomic E-state index is -0.976. The van der Waals surface area contributed by atoms with Gasteiger partial charge < -0.3 is 19.6 Å². The number of hydrogen-bond acceptors (Lipinski definition) is 4. The van der Waals surface area contributed by atoms with Crippen LogP contribution in [-0.2, 0) is 13.9 Å². The van der Waals surface area contributed by atoms with Crippen molar-refractivity contribution in [3.63, 3.8) is 0 Å². The summed E-state index contributed by atoms with van der Waals surface area (Å²) in [6.07, 6.45) is 0. The van der Waals surface area contributed by atoms with Crippen LogP contribution in [0.2, 0.25) is 0 Å². The monoisotopic (exact) mass is 179 g/mol. The average Bonchev–Trinajstić information content (AvgIpc) is 2.04. The third-order valence-electron chi connectivity index (χ3n) is 1.29. The summed E-state index contributed by atoms with van der Waals surface area (Å²) in [6, 6.07) is 0. The Kier molecular flexibility index (Phi) is 5.70. The smallest absolute Gasteiger partial charge is 0.285 e. The zero-order valence-electron chi connectivity index (χ0n) is 7.42. The summed E-state index contributed by atoms with van der Waals surface area (Å²) in [4.78, 5) is 0. The van der Waals surface area contributed by atoms with E-state index in [1.165, 1.54) is 0 Å². The molecule has 2 N–H and O–H groups in total. The molecule has 0 aliphatic carbocycles. The van der Waals surface area contributed by atoms with Crippen LogP contribution in [0.25, 0.3) is 0 Å². The SMILES string of the molecule is CCOC(CN)(O[SiH3])OCC. The summed E-state index contributed by atoms with van der Waals surface area (Å²) in [5.41, 5.74) is 5.44. The molecule has 0 aliphatic rings. The van der Waals surface area contributed by atoms with E-state index in [2.05, 4.69) is 0 Å². The third kappa shape index (κ3) is 3.30. The lowest BCUT2D eigenvalue weighted by Crippen LogP contribution is -2.45. The van der Waals surface area contributed by atoms with Crippen molar-refractivity contribution in [1.29, 1.82) is 0 Å². The maximum Gasteiger partial charge on any atom is 0.285 e. The van der Waals surface area contributed by atoms with Crippen molar-refractivity contribution in [3.05, 3.63) is 0 Å². The van der Waals surface area contributed by atoms with Gasteiger partial charge in [-0.2, -0.15) is 0 Å². The van der Waals surface area contributed by atoms with E-state index < -0.39 is 5.97 Å². The zero-order valence-corrected chi connectivity index (χ0v) is 9.42. The fraction of sp³-hybridized carbons (Fsp3) is 1.00. The Morgan fingerprint density at radius 3 is 1.91 bits per heavy atom. The molecule has 5 heteroatoms. The molecule has 0 aromatic rings. The van der Waals surface area contributed by atoms with Crippen LogP contribution in [0.3, 0.4) is 0 Å². The maximum absolute atomic E-state index is 5.44. The van der Waals surface area contributed by atoms with Gasteiger partial charge in [0.15, 0.2) is 10.5 Å². The van der Waals surface area contributed by atoms with Gasteiger partial charge in [0.2, 0.25) is 0 Å². The average molecular weight is 179 g/mol. The van der Waals surface area contributed by atoms with Gasteiger partial charge in [0.05, 0.1) is 6.54 Å². The third-order valence-corrected chi connectivity index (χ3v) is 1.91. The molecule has 0 atom stereocenters. The Labute approximate surface area is 70.5 Å². The second kappa shape index (κ2) is 5.67. The molecule has 0 radical (unpaired) electrons. The van der Waals surface area contributed by atoms with Crippen LogP contribution in [0.15, 0.2) is 0 Å². The van der Waals surface area contributed by atoms with E-state index in [1.54, 1.807) is 0 Å². The fourth-order valence-electron chi connectivity index (χ4n) is 0.801. The number of hydrogen-bond donors (Lipinski definition) is 1. The molecular weight excluding hydrogens is 162 g/mol. The summed E-state index contributed by atoms with van der Waals surface area (Å²) in [7, 11) is 0.554. The Hall–Kier alpha value is 0.0569. The van der Waals surface area contributed by atoms with Crippen LogP contribution in [0.1, 0.15) is 13.8 Å². The Balaban J connectivity index is 3.96. The molecule has 0 aromatic carbocycles. The number of nitrogens with two attached hydrogens (primary N) is 1. The lowest BCUT2D eigenvalue weighted by Gasteiger charge is -2.30. The number of rotatable bonds is 6. The van der Waals surface area contributed by atoms with Gasteiger partial charge >= 0.3 is 0 Å². The first-order valence-corrected chi connectivity index (χ1v) is 4.59. The van der Waals surface area contributed by atoms with Gasteiger partial charge in [-0.3, -0.25) is 0 Å². The normalized spacial score (nSPS) is 12.3. The molecule has 0 unspecified atom stereocenters. The van der Waals surface area contributed by atoms with Crippen LogP contribution in [0.5, 0.6) is 0 Å². The van der Waals surface area contributed by atoms with Crippen molar-refractivity contribution < 1.29 is 13.9 Å². The predicted octanol–water partition coefficient (Wildman–Crippen LogP) is -1.03. The lowest BCUT2D eigenvalue weighted by molar-refractivity contribution is -0.333. The molecule has 4 nitrogen and oxygen atoms in total. The van der Waals surface area contributed by atoms with Gasteiger partial charge in [-0.25, -0.2) is 0 Å². The molecule has 0 saturated carbocycles. The predicted molar refractivity (Wildman–Crippen MR) is 46.1 cm³/mol. The van der Waals surface area contributed by atoms with Gasteiger partial charge in [0.25, 0.3) is 5.97 Å². The number of ether oxygens (including phenoxy) is 2. The second-order valence-electron chi connectivity index (χ2n) is 1.96. The maximum atomic E-state index is 5.44. The fourth-order valence-corrected chi connectivity index (χ4v) is 1.20. The summed E-state index contributed by atoms with van der Waals surface area (Å²) in [6.45, 7) is 5.07.